The Morgan fingerprint density at radius 2 is 1.72 bits per heavy atom. The Hall–Kier alpha value is -3.59. The van der Waals surface area contributed by atoms with Gasteiger partial charge in [0.05, 0.1) is 22.4 Å². The maximum absolute atomic E-state index is 13.4. The van der Waals surface area contributed by atoms with Crippen molar-refractivity contribution in [3.63, 3.8) is 0 Å². The summed E-state index contributed by atoms with van der Waals surface area (Å²) in [7, 11) is 0. The number of non-ortho nitro benzene ring substituents is 1. The van der Waals surface area contributed by atoms with Crippen LogP contribution in [0.3, 0.4) is 0 Å². The Morgan fingerprint density at radius 3 is 2.41 bits per heavy atom. The van der Waals surface area contributed by atoms with Crippen molar-refractivity contribution in [2.24, 2.45) is 11.8 Å². The summed E-state index contributed by atoms with van der Waals surface area (Å²) in [6, 6.07) is 12.0. The molecule has 0 aromatic heterocycles. The van der Waals surface area contributed by atoms with Crippen LogP contribution in [0.5, 0.6) is 0 Å². The zero-order valence-electron chi connectivity index (χ0n) is 15.3. The van der Waals surface area contributed by atoms with Crippen LogP contribution in [0.25, 0.3) is 0 Å². The highest BCUT2D eigenvalue weighted by molar-refractivity contribution is 6.25. The zero-order valence-corrected chi connectivity index (χ0v) is 15.3. The fourth-order valence-corrected chi connectivity index (χ4v) is 4.90. The van der Waals surface area contributed by atoms with E-state index in [9.17, 15) is 24.5 Å². The summed E-state index contributed by atoms with van der Waals surface area (Å²) in [5.41, 5.74) is 0.0729. The number of carbonyl (C=O) groups is 3. The molecule has 3 aliphatic heterocycles. The van der Waals surface area contributed by atoms with E-state index in [2.05, 4.69) is 10.6 Å². The summed E-state index contributed by atoms with van der Waals surface area (Å²) in [4.78, 5) is 51.0. The molecular formula is C20H16N4O5. The summed E-state index contributed by atoms with van der Waals surface area (Å²) >= 11 is 0. The van der Waals surface area contributed by atoms with E-state index < -0.39 is 40.2 Å². The second-order valence-electron chi connectivity index (χ2n) is 7.53. The molecule has 29 heavy (non-hydrogen) atoms. The summed E-state index contributed by atoms with van der Waals surface area (Å²) in [5, 5.41) is 16.9. The molecule has 4 atom stereocenters. The van der Waals surface area contributed by atoms with Gasteiger partial charge in [0.1, 0.15) is 5.54 Å². The molecule has 2 aromatic rings. The van der Waals surface area contributed by atoms with Crippen molar-refractivity contribution in [1.29, 1.82) is 0 Å². The predicted molar refractivity (Wildman–Crippen MR) is 102 cm³/mol. The minimum Gasteiger partial charge on any atom is -0.324 e. The monoisotopic (exact) mass is 392 g/mol. The number of fused-ring (bicyclic) bond motifs is 4. The number of nitro benzene ring substituents is 1. The molecule has 2 aromatic carbocycles. The van der Waals surface area contributed by atoms with Gasteiger partial charge in [-0.2, -0.15) is 0 Å². The number of hydrogen-bond acceptors (Lipinski definition) is 6. The number of nitrogens with one attached hydrogen (secondary N) is 2. The molecular weight excluding hydrogens is 376 g/mol. The minimum atomic E-state index is -1.32. The van der Waals surface area contributed by atoms with Crippen LogP contribution in [0, 0.1) is 22.0 Å². The molecule has 146 valence electrons. The summed E-state index contributed by atoms with van der Waals surface area (Å²) in [5.74, 6) is -2.87. The van der Waals surface area contributed by atoms with Crippen LogP contribution in [0.4, 0.5) is 17.1 Å². The number of nitro groups is 1. The van der Waals surface area contributed by atoms with Gasteiger partial charge in [0.15, 0.2) is 0 Å². The highest BCUT2D eigenvalue weighted by Gasteiger charge is 2.69. The lowest BCUT2D eigenvalue weighted by Crippen LogP contribution is -2.53. The maximum atomic E-state index is 13.4. The maximum Gasteiger partial charge on any atom is 0.269 e. The van der Waals surface area contributed by atoms with Crippen LogP contribution in [0.15, 0.2) is 48.5 Å². The van der Waals surface area contributed by atoms with Gasteiger partial charge in [-0.15, -0.1) is 0 Å². The van der Waals surface area contributed by atoms with Gasteiger partial charge in [0, 0.05) is 29.4 Å². The first-order valence-corrected chi connectivity index (χ1v) is 9.17. The Bertz CT molecular complexity index is 1100. The number of para-hydroxylation sites is 1. The number of nitrogens with zero attached hydrogens (tertiary/aromatic N) is 2. The van der Waals surface area contributed by atoms with Crippen LogP contribution in [0.2, 0.25) is 0 Å². The predicted octanol–water partition coefficient (Wildman–Crippen LogP) is 1.54. The van der Waals surface area contributed by atoms with Crippen molar-refractivity contribution in [1.82, 2.24) is 5.32 Å². The molecule has 3 aliphatic rings. The lowest BCUT2D eigenvalue weighted by Gasteiger charge is -2.29. The minimum absolute atomic E-state index is 0.136. The topological polar surface area (TPSA) is 122 Å². The molecule has 0 unspecified atom stereocenters. The Balaban J connectivity index is 1.61. The van der Waals surface area contributed by atoms with Crippen LogP contribution in [-0.2, 0) is 19.9 Å². The second-order valence-corrected chi connectivity index (χ2v) is 7.53. The van der Waals surface area contributed by atoms with Gasteiger partial charge in [0.2, 0.25) is 17.7 Å². The van der Waals surface area contributed by atoms with Crippen LogP contribution in [-0.4, -0.2) is 28.7 Å². The molecule has 9 nitrogen and oxygen atoms in total. The van der Waals surface area contributed by atoms with Gasteiger partial charge in [-0.1, -0.05) is 18.2 Å². The zero-order chi connectivity index (χ0) is 20.5. The lowest BCUT2D eigenvalue weighted by atomic mass is 9.76. The molecule has 3 amide bonds. The van der Waals surface area contributed by atoms with E-state index in [1.807, 2.05) is 0 Å². The molecule has 0 aliphatic carbocycles. The van der Waals surface area contributed by atoms with E-state index in [4.69, 9.17) is 0 Å². The molecule has 3 heterocycles. The highest BCUT2D eigenvalue weighted by Crippen LogP contribution is 2.53. The third kappa shape index (κ3) is 2.10. The largest absolute Gasteiger partial charge is 0.324 e. The quantitative estimate of drug-likeness (QED) is 0.454. The third-order valence-electron chi connectivity index (χ3n) is 6.09. The van der Waals surface area contributed by atoms with E-state index >= 15 is 0 Å². The number of hydrogen-bond donors (Lipinski definition) is 2. The summed E-state index contributed by atoms with van der Waals surface area (Å²) in [6.45, 7) is 1.78. The summed E-state index contributed by atoms with van der Waals surface area (Å²) < 4.78 is 0. The summed E-state index contributed by atoms with van der Waals surface area (Å²) in [6.07, 6.45) is 0. The third-order valence-corrected chi connectivity index (χ3v) is 6.09. The van der Waals surface area contributed by atoms with E-state index in [1.54, 1.807) is 31.2 Å². The smallest absolute Gasteiger partial charge is 0.269 e. The van der Waals surface area contributed by atoms with Crippen molar-refractivity contribution >= 4 is 34.8 Å². The van der Waals surface area contributed by atoms with E-state index in [1.165, 1.54) is 24.3 Å². The molecule has 1 spiro atoms. The van der Waals surface area contributed by atoms with E-state index in [0.29, 0.717) is 11.3 Å². The number of anilines is 2. The van der Waals surface area contributed by atoms with Crippen molar-refractivity contribution in [3.05, 3.63) is 64.2 Å². The van der Waals surface area contributed by atoms with Gasteiger partial charge >= 0.3 is 0 Å². The SMILES string of the molecule is C[C@@H]1N[C@]2(C(=O)Nc3ccccc32)[C@@H]2C(=O)N(c3ccc([N+](=O)[O-])cc3)C(=O)[C@@H]12. The normalized spacial score (nSPS) is 29.9. The molecule has 0 radical (unpaired) electrons. The average Bonchev–Trinajstić information content (AvgIpc) is 3.26. The molecule has 2 saturated heterocycles. The van der Waals surface area contributed by atoms with Gasteiger partial charge < -0.3 is 5.32 Å². The van der Waals surface area contributed by atoms with Crippen molar-refractivity contribution in [3.8, 4) is 0 Å². The number of carbonyl (C=O) groups excluding carboxylic acids is 3. The van der Waals surface area contributed by atoms with Gasteiger partial charge in [0.25, 0.3) is 5.69 Å². The van der Waals surface area contributed by atoms with E-state index in [0.717, 1.165) is 4.90 Å². The van der Waals surface area contributed by atoms with Crippen LogP contribution >= 0.6 is 0 Å². The first-order chi connectivity index (χ1) is 13.9. The van der Waals surface area contributed by atoms with Crippen LogP contribution in [0.1, 0.15) is 12.5 Å². The first kappa shape index (κ1) is 17.5. The molecule has 0 bridgehead atoms. The van der Waals surface area contributed by atoms with Crippen molar-refractivity contribution in [2.75, 3.05) is 10.2 Å². The fraction of sp³-hybridized carbons (Fsp3) is 0.250. The lowest BCUT2D eigenvalue weighted by molar-refractivity contribution is -0.384. The highest BCUT2D eigenvalue weighted by atomic mass is 16.6. The van der Waals surface area contributed by atoms with Crippen molar-refractivity contribution < 1.29 is 19.3 Å². The number of rotatable bonds is 2. The van der Waals surface area contributed by atoms with Gasteiger partial charge in [-0.05, 0) is 25.1 Å². The number of amides is 3. The number of benzene rings is 2. The van der Waals surface area contributed by atoms with Crippen LogP contribution < -0.4 is 15.5 Å². The standard InChI is InChI=1S/C20H16N4O5/c1-10-15-16(20(22-10)13-4-2-3-5-14(13)21-19(20)27)18(26)23(17(15)25)11-6-8-12(9-7-11)24(28)29/h2-10,15-16,22H,1H3,(H,21,27)/t10-,15-,16-,20-/m0/s1. The molecule has 2 N–H and O–H groups in total. The number of imide groups is 1. The fourth-order valence-electron chi connectivity index (χ4n) is 4.90. The Morgan fingerprint density at radius 1 is 1.03 bits per heavy atom. The molecule has 2 fully saturated rings. The average molecular weight is 392 g/mol. The van der Waals surface area contributed by atoms with Gasteiger partial charge in [-0.3, -0.25) is 29.8 Å². The van der Waals surface area contributed by atoms with Gasteiger partial charge in [-0.25, -0.2) is 4.90 Å². The Labute approximate surface area is 164 Å². The first-order valence-electron chi connectivity index (χ1n) is 9.17. The second kappa shape index (κ2) is 5.71. The van der Waals surface area contributed by atoms with E-state index in [-0.39, 0.29) is 17.3 Å². The Kier molecular flexibility index (Phi) is 3.45. The molecule has 5 rings (SSSR count). The molecule has 0 saturated carbocycles. The van der Waals surface area contributed by atoms with Crippen molar-refractivity contribution in [2.45, 2.75) is 18.5 Å². The molecule has 9 heteroatoms.